The minimum atomic E-state index is 0.937. The summed E-state index contributed by atoms with van der Waals surface area (Å²) in [7, 11) is 3.03. The summed E-state index contributed by atoms with van der Waals surface area (Å²) >= 11 is 0. The number of likely N-dealkylation sites (N-methyl/N-ethyl adjacent to an activating group) is 1. The number of aliphatic hydroxyl groups excluding tert-OH is 1. The maximum atomic E-state index is 7.00. The monoisotopic (exact) mass is 143 g/mol. The van der Waals surface area contributed by atoms with Crippen LogP contribution in [0.3, 0.4) is 0 Å². The van der Waals surface area contributed by atoms with Crippen molar-refractivity contribution < 1.29 is 5.11 Å². The van der Waals surface area contributed by atoms with Gasteiger partial charge >= 0.3 is 0 Å². The van der Waals surface area contributed by atoms with Crippen LogP contribution in [0.4, 0.5) is 0 Å². The highest BCUT2D eigenvalue weighted by Gasteiger charge is 1.86. The minimum Gasteiger partial charge on any atom is -0.400 e. The predicted octanol–water partition coefficient (Wildman–Crippen LogP) is 0.899. The first-order chi connectivity index (χ1) is 4.81. The van der Waals surface area contributed by atoms with Gasteiger partial charge in [-0.15, -0.1) is 13.2 Å². The zero-order chi connectivity index (χ0) is 8.41. The van der Waals surface area contributed by atoms with E-state index in [4.69, 9.17) is 5.11 Å². The van der Waals surface area contributed by atoms with Crippen LogP contribution >= 0.6 is 0 Å². The lowest BCUT2D eigenvalue weighted by Crippen LogP contribution is -2.17. The van der Waals surface area contributed by atoms with Crippen LogP contribution in [0.15, 0.2) is 25.3 Å². The summed E-state index contributed by atoms with van der Waals surface area (Å²) in [5.41, 5.74) is 0. The van der Waals surface area contributed by atoms with Crippen molar-refractivity contribution in [1.82, 2.24) is 4.90 Å². The molecule has 0 saturated heterocycles. The number of hydrogen-bond acceptors (Lipinski definition) is 2. The molecule has 0 fully saturated rings. The van der Waals surface area contributed by atoms with Crippen LogP contribution in [-0.2, 0) is 0 Å². The molecule has 0 amide bonds. The van der Waals surface area contributed by atoms with E-state index in [2.05, 4.69) is 18.1 Å². The summed E-state index contributed by atoms with van der Waals surface area (Å²) in [5, 5.41) is 7.00. The molecule has 10 heavy (non-hydrogen) atoms. The molecule has 0 aliphatic carbocycles. The third kappa shape index (κ3) is 10.4. The van der Waals surface area contributed by atoms with Gasteiger partial charge in [0.1, 0.15) is 0 Å². The topological polar surface area (TPSA) is 23.5 Å². The molecule has 0 aromatic heterocycles. The van der Waals surface area contributed by atoms with Gasteiger partial charge < -0.3 is 5.11 Å². The van der Waals surface area contributed by atoms with Crippen LogP contribution < -0.4 is 0 Å². The lowest BCUT2D eigenvalue weighted by molar-refractivity contribution is 0.399. The van der Waals surface area contributed by atoms with Gasteiger partial charge in [0.15, 0.2) is 0 Å². The zero-order valence-electron chi connectivity index (χ0n) is 6.88. The summed E-state index contributed by atoms with van der Waals surface area (Å²) in [5.74, 6) is 0. The molecule has 1 N–H and O–H groups in total. The second-order valence-electron chi connectivity index (χ2n) is 1.80. The minimum absolute atomic E-state index is 0.937. The zero-order valence-corrected chi connectivity index (χ0v) is 6.88. The number of rotatable bonds is 4. The first-order valence-electron chi connectivity index (χ1n) is 3.16. The molecule has 0 rings (SSSR count). The van der Waals surface area contributed by atoms with Gasteiger partial charge in [-0.05, 0) is 7.05 Å². The molecule has 0 aliphatic rings. The highest BCUT2D eigenvalue weighted by atomic mass is 16.2. The van der Waals surface area contributed by atoms with Crippen molar-refractivity contribution in [2.75, 3.05) is 27.2 Å². The summed E-state index contributed by atoms with van der Waals surface area (Å²) in [6.07, 6.45) is 3.76. The number of nitrogens with zero attached hydrogens (tertiary/aromatic N) is 1. The maximum absolute atomic E-state index is 7.00. The van der Waals surface area contributed by atoms with E-state index in [1.807, 2.05) is 19.2 Å². The fourth-order valence-electron chi connectivity index (χ4n) is 0.515. The van der Waals surface area contributed by atoms with Crippen molar-refractivity contribution in [3.63, 3.8) is 0 Å². The Labute approximate surface area is 63.5 Å². The molecule has 0 aliphatic heterocycles. The van der Waals surface area contributed by atoms with Crippen molar-refractivity contribution in [2.45, 2.75) is 0 Å². The second-order valence-corrected chi connectivity index (χ2v) is 1.80. The van der Waals surface area contributed by atoms with Crippen molar-refractivity contribution in [2.24, 2.45) is 0 Å². The molecule has 2 heteroatoms. The third-order valence-electron chi connectivity index (χ3n) is 0.882. The summed E-state index contributed by atoms with van der Waals surface area (Å²) in [4.78, 5) is 2.12. The summed E-state index contributed by atoms with van der Waals surface area (Å²) in [6.45, 7) is 9.09. The number of aliphatic hydroxyl groups is 1. The van der Waals surface area contributed by atoms with E-state index in [0.717, 1.165) is 20.2 Å². The molecule has 0 bridgehead atoms. The van der Waals surface area contributed by atoms with Gasteiger partial charge in [0.2, 0.25) is 0 Å². The Hall–Kier alpha value is -0.600. The van der Waals surface area contributed by atoms with Crippen LogP contribution in [0, 0.1) is 0 Å². The molecular formula is C8H17NO. The van der Waals surface area contributed by atoms with Crippen molar-refractivity contribution in [3.8, 4) is 0 Å². The molecule has 0 aromatic carbocycles. The fourth-order valence-corrected chi connectivity index (χ4v) is 0.515. The Morgan fingerprint density at radius 1 is 1.20 bits per heavy atom. The molecule has 0 radical (unpaired) electrons. The van der Waals surface area contributed by atoms with Crippen LogP contribution in [0.5, 0.6) is 0 Å². The van der Waals surface area contributed by atoms with E-state index in [1.54, 1.807) is 0 Å². The molecule has 0 saturated carbocycles. The lowest BCUT2D eigenvalue weighted by Gasteiger charge is -2.09. The molecule has 0 heterocycles. The van der Waals surface area contributed by atoms with Crippen molar-refractivity contribution in [1.29, 1.82) is 0 Å². The fraction of sp³-hybridized carbons (Fsp3) is 0.500. The quantitative estimate of drug-likeness (QED) is 0.591. The maximum Gasteiger partial charge on any atom is 0.0319 e. The molecule has 0 unspecified atom stereocenters. The highest BCUT2D eigenvalue weighted by Crippen LogP contribution is 1.80. The predicted molar refractivity (Wildman–Crippen MR) is 46.0 cm³/mol. The van der Waals surface area contributed by atoms with Gasteiger partial charge in [-0.3, -0.25) is 4.90 Å². The number of hydrogen-bond donors (Lipinski definition) is 1. The normalized spacial score (nSPS) is 8.00. The Morgan fingerprint density at radius 3 is 1.70 bits per heavy atom. The van der Waals surface area contributed by atoms with Crippen LogP contribution in [-0.4, -0.2) is 37.3 Å². The third-order valence-corrected chi connectivity index (χ3v) is 0.882. The van der Waals surface area contributed by atoms with Crippen molar-refractivity contribution >= 4 is 0 Å². The highest BCUT2D eigenvalue weighted by molar-refractivity contribution is 4.76. The average molecular weight is 143 g/mol. The smallest absolute Gasteiger partial charge is 0.0319 e. The van der Waals surface area contributed by atoms with Gasteiger partial charge in [0.25, 0.3) is 0 Å². The van der Waals surface area contributed by atoms with E-state index < -0.39 is 0 Å². The van der Waals surface area contributed by atoms with Gasteiger partial charge in [0, 0.05) is 20.2 Å². The van der Waals surface area contributed by atoms with E-state index in [-0.39, 0.29) is 0 Å². The molecule has 0 spiro atoms. The standard InChI is InChI=1S/C7H13N.CH4O/c1-4-6-8(3)7-5-2;1-2/h4-5H,1-2,6-7H2,3H3;2H,1H3. The molecular weight excluding hydrogens is 126 g/mol. The molecule has 2 nitrogen and oxygen atoms in total. The first-order valence-corrected chi connectivity index (χ1v) is 3.16. The van der Waals surface area contributed by atoms with Gasteiger partial charge in [-0.1, -0.05) is 12.2 Å². The van der Waals surface area contributed by atoms with Gasteiger partial charge in [0.05, 0.1) is 0 Å². The summed E-state index contributed by atoms with van der Waals surface area (Å²) < 4.78 is 0. The van der Waals surface area contributed by atoms with E-state index in [0.29, 0.717) is 0 Å². The Bertz CT molecular complexity index is 71.3. The lowest BCUT2D eigenvalue weighted by atomic mass is 10.5. The van der Waals surface area contributed by atoms with E-state index in [9.17, 15) is 0 Å². The Kier molecular flexibility index (Phi) is 13.6. The van der Waals surface area contributed by atoms with Crippen LogP contribution in [0.1, 0.15) is 0 Å². The van der Waals surface area contributed by atoms with Crippen molar-refractivity contribution in [3.05, 3.63) is 25.3 Å². The van der Waals surface area contributed by atoms with Crippen LogP contribution in [0.2, 0.25) is 0 Å². The van der Waals surface area contributed by atoms with Gasteiger partial charge in [-0.25, -0.2) is 0 Å². The molecule has 0 atom stereocenters. The van der Waals surface area contributed by atoms with Gasteiger partial charge in [-0.2, -0.15) is 0 Å². The summed E-state index contributed by atoms with van der Waals surface area (Å²) in [6, 6.07) is 0. The van der Waals surface area contributed by atoms with E-state index in [1.165, 1.54) is 0 Å². The largest absolute Gasteiger partial charge is 0.400 e. The average Bonchev–Trinajstić information content (AvgIpc) is 1.93. The molecule has 0 aromatic rings. The Morgan fingerprint density at radius 2 is 1.50 bits per heavy atom. The van der Waals surface area contributed by atoms with E-state index >= 15 is 0 Å². The SMILES string of the molecule is C=CCN(C)CC=C.CO. The molecule has 60 valence electrons. The first kappa shape index (κ1) is 12.1. The van der Waals surface area contributed by atoms with Crippen LogP contribution in [0.25, 0.3) is 0 Å². The second kappa shape index (κ2) is 11.2. The Balaban J connectivity index is 0.